The molecule has 1 aromatic carbocycles. The summed E-state index contributed by atoms with van der Waals surface area (Å²) in [5, 5.41) is 10.1. The third kappa shape index (κ3) is 3.42. The van der Waals surface area contributed by atoms with E-state index in [0.717, 1.165) is 19.3 Å². The van der Waals surface area contributed by atoms with Crippen LogP contribution in [0.4, 0.5) is 0 Å². The first-order valence-corrected chi connectivity index (χ1v) is 7.99. The number of benzene rings is 1. The quantitative estimate of drug-likeness (QED) is 0.915. The molecule has 0 bridgehead atoms. The molecule has 0 radical (unpaired) electrons. The average Bonchev–Trinajstić information content (AvgIpc) is 2.99. The van der Waals surface area contributed by atoms with Gasteiger partial charge in [0.05, 0.1) is 25.4 Å². The van der Waals surface area contributed by atoms with Crippen molar-refractivity contribution in [3.05, 3.63) is 30.3 Å². The molecule has 1 saturated carbocycles. The lowest BCUT2D eigenvalue weighted by Gasteiger charge is -2.40. The summed E-state index contributed by atoms with van der Waals surface area (Å²) in [7, 11) is 0. The maximum Gasteiger partial charge on any atom is 0.260 e. The Morgan fingerprint density at radius 3 is 2.86 bits per heavy atom. The number of aliphatic hydroxyl groups is 1. The minimum atomic E-state index is -0.322. The topological polar surface area (TPSA) is 59.0 Å². The molecule has 0 spiro atoms. The van der Waals surface area contributed by atoms with Crippen molar-refractivity contribution in [2.24, 2.45) is 5.92 Å². The van der Waals surface area contributed by atoms with Gasteiger partial charge in [-0.15, -0.1) is 0 Å². The van der Waals surface area contributed by atoms with E-state index in [2.05, 4.69) is 0 Å². The van der Waals surface area contributed by atoms with Crippen LogP contribution in [0.2, 0.25) is 0 Å². The number of hydrogen-bond acceptors (Lipinski definition) is 4. The molecule has 1 heterocycles. The fraction of sp³-hybridized carbons (Fsp3) is 0.588. The van der Waals surface area contributed by atoms with Crippen LogP contribution in [-0.4, -0.2) is 54.4 Å². The molecule has 1 saturated heterocycles. The molecule has 3 atom stereocenters. The van der Waals surface area contributed by atoms with Gasteiger partial charge in [-0.1, -0.05) is 24.6 Å². The van der Waals surface area contributed by atoms with Crippen LogP contribution in [0, 0.1) is 5.92 Å². The normalized spacial score (nSPS) is 28.6. The number of carbonyl (C=O) groups is 1. The Labute approximate surface area is 130 Å². The van der Waals surface area contributed by atoms with E-state index in [9.17, 15) is 9.90 Å². The summed E-state index contributed by atoms with van der Waals surface area (Å²) in [6.07, 6.45) is 2.48. The second-order valence-corrected chi connectivity index (χ2v) is 5.99. The van der Waals surface area contributed by atoms with Gasteiger partial charge in [-0.3, -0.25) is 4.79 Å². The molecule has 0 unspecified atom stereocenters. The minimum absolute atomic E-state index is 0.0295. The molecule has 1 aliphatic heterocycles. The fourth-order valence-corrected chi connectivity index (χ4v) is 3.45. The van der Waals surface area contributed by atoms with Crippen LogP contribution in [0.5, 0.6) is 5.75 Å². The third-order valence-corrected chi connectivity index (χ3v) is 4.62. The van der Waals surface area contributed by atoms with E-state index in [4.69, 9.17) is 9.47 Å². The lowest BCUT2D eigenvalue weighted by molar-refractivity contribution is -0.146. The van der Waals surface area contributed by atoms with E-state index >= 15 is 0 Å². The van der Waals surface area contributed by atoms with Gasteiger partial charge in [-0.05, 0) is 25.0 Å². The number of aliphatic hydroxyl groups excluding tert-OH is 1. The van der Waals surface area contributed by atoms with Crippen LogP contribution in [0.3, 0.4) is 0 Å². The molecule has 1 aromatic rings. The lowest BCUT2D eigenvalue weighted by Crippen LogP contribution is -2.54. The van der Waals surface area contributed by atoms with Gasteiger partial charge in [0, 0.05) is 12.5 Å². The fourth-order valence-electron chi connectivity index (χ4n) is 3.45. The summed E-state index contributed by atoms with van der Waals surface area (Å²) >= 11 is 0. The van der Waals surface area contributed by atoms with Gasteiger partial charge in [0.2, 0.25) is 0 Å². The molecule has 2 fully saturated rings. The van der Waals surface area contributed by atoms with E-state index in [0.29, 0.717) is 25.5 Å². The molecule has 1 amide bonds. The summed E-state index contributed by atoms with van der Waals surface area (Å²) in [5.74, 6) is 0.791. The Kier molecular flexibility index (Phi) is 4.95. The SMILES string of the molecule is O=C(COc1ccccc1)N1CCOC[C@@H]1[C@H]1CCC[C@@H]1O. The van der Waals surface area contributed by atoms with Gasteiger partial charge in [-0.25, -0.2) is 0 Å². The summed E-state index contributed by atoms with van der Waals surface area (Å²) in [6.45, 7) is 1.67. The summed E-state index contributed by atoms with van der Waals surface area (Å²) in [4.78, 5) is 14.3. The molecule has 2 aliphatic rings. The van der Waals surface area contributed by atoms with E-state index < -0.39 is 0 Å². The zero-order valence-electron chi connectivity index (χ0n) is 12.7. The van der Waals surface area contributed by atoms with Crippen LogP contribution in [0.15, 0.2) is 30.3 Å². The van der Waals surface area contributed by atoms with Gasteiger partial charge >= 0.3 is 0 Å². The van der Waals surface area contributed by atoms with Crippen LogP contribution in [0.25, 0.3) is 0 Å². The molecule has 120 valence electrons. The highest BCUT2D eigenvalue weighted by molar-refractivity contribution is 5.78. The van der Waals surface area contributed by atoms with Crippen molar-refractivity contribution in [2.75, 3.05) is 26.4 Å². The van der Waals surface area contributed by atoms with Crippen LogP contribution < -0.4 is 4.74 Å². The number of rotatable bonds is 4. The Morgan fingerprint density at radius 2 is 2.14 bits per heavy atom. The average molecular weight is 305 g/mol. The van der Waals surface area contributed by atoms with Crippen LogP contribution in [-0.2, 0) is 9.53 Å². The van der Waals surface area contributed by atoms with E-state index in [1.54, 1.807) is 0 Å². The predicted molar refractivity (Wildman–Crippen MR) is 81.6 cm³/mol. The van der Waals surface area contributed by atoms with Crippen LogP contribution in [0.1, 0.15) is 19.3 Å². The zero-order valence-corrected chi connectivity index (χ0v) is 12.7. The zero-order chi connectivity index (χ0) is 15.4. The van der Waals surface area contributed by atoms with Gasteiger partial charge < -0.3 is 19.5 Å². The van der Waals surface area contributed by atoms with Crippen LogP contribution >= 0.6 is 0 Å². The summed E-state index contributed by atoms with van der Waals surface area (Å²) in [5.41, 5.74) is 0. The first-order chi connectivity index (χ1) is 10.8. The largest absolute Gasteiger partial charge is 0.484 e. The molecule has 3 rings (SSSR count). The predicted octanol–water partition coefficient (Wildman–Crippen LogP) is 1.45. The number of para-hydroxylation sites is 1. The smallest absolute Gasteiger partial charge is 0.260 e. The standard InChI is InChI=1S/C17H23NO4/c19-16-8-4-7-14(16)15-11-21-10-9-18(15)17(20)12-22-13-5-2-1-3-6-13/h1-3,5-6,14-16,19H,4,7-12H2/t14-,15-,16+/m1/s1. The lowest BCUT2D eigenvalue weighted by atomic mass is 9.94. The molecule has 0 aromatic heterocycles. The Balaban J connectivity index is 1.61. The van der Waals surface area contributed by atoms with Gasteiger partial charge in [0.25, 0.3) is 5.91 Å². The van der Waals surface area contributed by atoms with Gasteiger partial charge in [0.15, 0.2) is 6.61 Å². The van der Waals surface area contributed by atoms with E-state index in [-0.39, 0.29) is 30.6 Å². The molecule has 1 N–H and O–H groups in total. The first-order valence-electron chi connectivity index (χ1n) is 7.99. The minimum Gasteiger partial charge on any atom is -0.484 e. The molecular formula is C17H23NO4. The Morgan fingerprint density at radius 1 is 1.32 bits per heavy atom. The highest BCUT2D eigenvalue weighted by atomic mass is 16.5. The maximum atomic E-state index is 12.5. The molecular weight excluding hydrogens is 282 g/mol. The number of ether oxygens (including phenoxy) is 2. The van der Waals surface area contributed by atoms with Crippen molar-refractivity contribution in [2.45, 2.75) is 31.4 Å². The Hall–Kier alpha value is -1.59. The molecule has 22 heavy (non-hydrogen) atoms. The summed E-state index contributed by atoms with van der Waals surface area (Å²) < 4.78 is 11.1. The van der Waals surface area contributed by atoms with E-state index in [1.165, 1.54) is 0 Å². The van der Waals surface area contributed by atoms with E-state index in [1.807, 2.05) is 35.2 Å². The van der Waals surface area contributed by atoms with Crippen molar-refractivity contribution < 1.29 is 19.4 Å². The van der Waals surface area contributed by atoms with Gasteiger partial charge in [0.1, 0.15) is 5.75 Å². The van der Waals surface area contributed by atoms with Crippen molar-refractivity contribution in [1.82, 2.24) is 4.90 Å². The van der Waals surface area contributed by atoms with Crippen molar-refractivity contribution in [1.29, 1.82) is 0 Å². The van der Waals surface area contributed by atoms with Gasteiger partial charge in [-0.2, -0.15) is 0 Å². The summed E-state index contributed by atoms with van der Waals surface area (Å²) in [6, 6.07) is 9.32. The highest BCUT2D eigenvalue weighted by Gasteiger charge is 2.39. The molecule has 1 aliphatic carbocycles. The molecule has 5 nitrogen and oxygen atoms in total. The van der Waals surface area contributed by atoms with Crippen molar-refractivity contribution >= 4 is 5.91 Å². The number of amides is 1. The second-order valence-electron chi connectivity index (χ2n) is 5.99. The number of carbonyl (C=O) groups excluding carboxylic acids is 1. The van der Waals surface area contributed by atoms with Crippen molar-refractivity contribution in [3.8, 4) is 5.75 Å². The number of hydrogen-bond donors (Lipinski definition) is 1. The number of nitrogens with zero attached hydrogens (tertiary/aromatic N) is 1. The first kappa shape index (κ1) is 15.3. The monoisotopic (exact) mass is 305 g/mol. The highest BCUT2D eigenvalue weighted by Crippen LogP contribution is 2.32. The Bertz CT molecular complexity index is 493. The molecule has 5 heteroatoms. The third-order valence-electron chi connectivity index (χ3n) is 4.62. The number of morpholine rings is 1. The second kappa shape index (κ2) is 7.11. The van der Waals surface area contributed by atoms with Crippen molar-refractivity contribution in [3.63, 3.8) is 0 Å². The maximum absolute atomic E-state index is 12.5.